The Kier molecular flexibility index (Phi) is 5.08. The Hall–Kier alpha value is -0.610. The molecule has 0 unspecified atom stereocenters. The maximum Gasteiger partial charge on any atom is 0.237 e. The van der Waals surface area contributed by atoms with Crippen LogP contribution in [0.3, 0.4) is 0 Å². The van der Waals surface area contributed by atoms with Crippen molar-refractivity contribution in [3.63, 3.8) is 0 Å². The van der Waals surface area contributed by atoms with Crippen LogP contribution >= 0.6 is 0 Å². The van der Waals surface area contributed by atoms with Gasteiger partial charge in [-0.2, -0.15) is 0 Å². The SMILES string of the molecule is COC(C)(C)CNC(=O)[C@@H](N)C(C)C. The summed E-state index contributed by atoms with van der Waals surface area (Å²) in [6.07, 6.45) is 0. The number of carbonyl (C=O) groups excluding carboxylic acids is 1. The van der Waals surface area contributed by atoms with Crippen molar-refractivity contribution in [1.29, 1.82) is 0 Å². The molecule has 0 saturated heterocycles. The van der Waals surface area contributed by atoms with Crippen molar-refractivity contribution in [3.05, 3.63) is 0 Å². The van der Waals surface area contributed by atoms with E-state index in [9.17, 15) is 4.79 Å². The normalized spacial score (nSPS) is 14.2. The third kappa shape index (κ3) is 4.58. The summed E-state index contributed by atoms with van der Waals surface area (Å²) in [4.78, 5) is 11.5. The minimum Gasteiger partial charge on any atom is -0.377 e. The molecule has 0 aliphatic heterocycles. The Morgan fingerprint density at radius 1 is 1.50 bits per heavy atom. The maximum absolute atomic E-state index is 11.5. The smallest absolute Gasteiger partial charge is 0.237 e. The first kappa shape index (κ1) is 13.4. The van der Waals surface area contributed by atoms with Crippen LogP contribution in [0, 0.1) is 5.92 Å². The summed E-state index contributed by atoms with van der Waals surface area (Å²) in [6, 6.07) is -0.442. The van der Waals surface area contributed by atoms with Crippen LogP contribution in [0.4, 0.5) is 0 Å². The monoisotopic (exact) mass is 202 g/mol. The highest BCUT2D eigenvalue weighted by Gasteiger charge is 2.21. The van der Waals surface area contributed by atoms with E-state index in [0.717, 1.165) is 0 Å². The molecule has 4 nitrogen and oxygen atoms in total. The Morgan fingerprint density at radius 3 is 2.36 bits per heavy atom. The molecule has 0 fully saturated rings. The van der Waals surface area contributed by atoms with Crippen LogP contribution in [0.2, 0.25) is 0 Å². The van der Waals surface area contributed by atoms with E-state index in [4.69, 9.17) is 10.5 Å². The van der Waals surface area contributed by atoms with Crippen molar-refractivity contribution in [2.45, 2.75) is 39.3 Å². The topological polar surface area (TPSA) is 64.3 Å². The zero-order valence-electron chi connectivity index (χ0n) is 9.76. The van der Waals surface area contributed by atoms with Gasteiger partial charge in [-0.25, -0.2) is 0 Å². The third-order valence-electron chi connectivity index (χ3n) is 2.26. The highest BCUT2D eigenvalue weighted by molar-refractivity contribution is 5.81. The lowest BCUT2D eigenvalue weighted by Gasteiger charge is -2.24. The second kappa shape index (κ2) is 5.32. The maximum atomic E-state index is 11.5. The zero-order valence-corrected chi connectivity index (χ0v) is 9.76. The van der Waals surface area contributed by atoms with Crippen molar-refractivity contribution in [2.75, 3.05) is 13.7 Å². The van der Waals surface area contributed by atoms with Crippen LogP contribution in [-0.4, -0.2) is 31.2 Å². The number of methoxy groups -OCH3 is 1. The molecular formula is C10H22N2O2. The Balaban J connectivity index is 3.97. The number of nitrogens with two attached hydrogens (primary N) is 1. The largest absolute Gasteiger partial charge is 0.377 e. The molecule has 0 aliphatic carbocycles. The molecule has 1 amide bonds. The number of hydrogen-bond acceptors (Lipinski definition) is 3. The predicted molar refractivity (Wildman–Crippen MR) is 56.9 cm³/mol. The van der Waals surface area contributed by atoms with E-state index in [1.54, 1.807) is 7.11 Å². The second-order valence-corrected chi connectivity index (χ2v) is 4.45. The summed E-state index contributed by atoms with van der Waals surface area (Å²) in [5.74, 6) is 0.0331. The van der Waals surface area contributed by atoms with Crippen LogP contribution in [0.1, 0.15) is 27.7 Å². The van der Waals surface area contributed by atoms with Gasteiger partial charge in [0, 0.05) is 13.7 Å². The van der Waals surface area contributed by atoms with E-state index < -0.39 is 6.04 Å². The summed E-state index contributed by atoms with van der Waals surface area (Å²) in [7, 11) is 1.62. The van der Waals surface area contributed by atoms with E-state index in [-0.39, 0.29) is 17.4 Å². The lowest BCUT2D eigenvalue weighted by molar-refractivity contribution is -0.124. The molecule has 0 radical (unpaired) electrons. The number of ether oxygens (including phenoxy) is 1. The summed E-state index contributed by atoms with van der Waals surface area (Å²) in [5.41, 5.74) is 5.34. The fraction of sp³-hybridized carbons (Fsp3) is 0.900. The van der Waals surface area contributed by atoms with Crippen LogP contribution in [0.15, 0.2) is 0 Å². The molecule has 1 atom stereocenters. The molecule has 0 aliphatic rings. The number of hydrogen-bond donors (Lipinski definition) is 2. The van der Waals surface area contributed by atoms with Gasteiger partial charge in [-0.15, -0.1) is 0 Å². The molecule has 0 aromatic heterocycles. The fourth-order valence-electron chi connectivity index (χ4n) is 0.793. The number of nitrogens with one attached hydrogen (secondary N) is 1. The van der Waals surface area contributed by atoms with Crippen LogP contribution in [-0.2, 0) is 9.53 Å². The first-order valence-electron chi connectivity index (χ1n) is 4.88. The van der Waals surface area contributed by atoms with Crippen molar-refractivity contribution in [2.24, 2.45) is 11.7 Å². The number of rotatable bonds is 5. The summed E-state index contributed by atoms with van der Waals surface area (Å²) >= 11 is 0. The molecule has 0 aromatic rings. The quantitative estimate of drug-likeness (QED) is 0.682. The molecule has 14 heavy (non-hydrogen) atoms. The van der Waals surface area contributed by atoms with Crippen molar-refractivity contribution in [1.82, 2.24) is 5.32 Å². The highest BCUT2D eigenvalue weighted by atomic mass is 16.5. The minimum absolute atomic E-state index is 0.120. The van der Waals surface area contributed by atoms with E-state index in [1.807, 2.05) is 27.7 Å². The standard InChI is InChI=1S/C10H22N2O2/c1-7(2)8(11)9(13)12-6-10(3,4)14-5/h7-8H,6,11H2,1-5H3,(H,12,13)/t8-/m0/s1. The number of carbonyl (C=O) groups is 1. The molecule has 0 aromatic carbocycles. The van der Waals surface area contributed by atoms with Gasteiger partial charge in [0.2, 0.25) is 5.91 Å². The zero-order chi connectivity index (χ0) is 11.4. The van der Waals surface area contributed by atoms with Crippen molar-refractivity contribution < 1.29 is 9.53 Å². The van der Waals surface area contributed by atoms with Gasteiger partial charge in [-0.3, -0.25) is 4.79 Å². The van der Waals surface area contributed by atoms with E-state index in [2.05, 4.69) is 5.32 Å². The Bertz CT molecular complexity index is 191. The molecule has 0 spiro atoms. The molecule has 0 saturated carbocycles. The van der Waals surface area contributed by atoms with Gasteiger partial charge in [0.05, 0.1) is 11.6 Å². The van der Waals surface area contributed by atoms with Gasteiger partial charge < -0.3 is 15.8 Å². The lowest BCUT2D eigenvalue weighted by atomic mass is 10.0. The Morgan fingerprint density at radius 2 is 2.00 bits per heavy atom. The van der Waals surface area contributed by atoms with Crippen molar-refractivity contribution in [3.8, 4) is 0 Å². The van der Waals surface area contributed by atoms with Gasteiger partial charge in [-0.05, 0) is 19.8 Å². The molecular weight excluding hydrogens is 180 g/mol. The molecule has 4 heteroatoms. The van der Waals surface area contributed by atoms with Gasteiger partial charge in [-0.1, -0.05) is 13.8 Å². The van der Waals surface area contributed by atoms with Crippen molar-refractivity contribution >= 4 is 5.91 Å². The van der Waals surface area contributed by atoms with Gasteiger partial charge >= 0.3 is 0 Å². The number of amides is 1. The van der Waals surface area contributed by atoms with Gasteiger partial charge in [0.1, 0.15) is 0 Å². The average molecular weight is 202 g/mol. The summed E-state index contributed by atoms with van der Waals surface area (Å²) in [6.45, 7) is 8.14. The average Bonchev–Trinajstić information content (AvgIpc) is 2.13. The van der Waals surface area contributed by atoms with E-state index >= 15 is 0 Å². The van der Waals surface area contributed by atoms with Gasteiger partial charge in [0.25, 0.3) is 0 Å². The fourth-order valence-corrected chi connectivity index (χ4v) is 0.793. The Labute approximate surface area is 86.2 Å². The summed E-state index contributed by atoms with van der Waals surface area (Å²) < 4.78 is 5.17. The highest BCUT2D eigenvalue weighted by Crippen LogP contribution is 2.05. The van der Waals surface area contributed by atoms with Crippen LogP contribution in [0.5, 0.6) is 0 Å². The molecule has 0 bridgehead atoms. The minimum atomic E-state index is -0.442. The first-order chi connectivity index (χ1) is 6.30. The third-order valence-corrected chi connectivity index (χ3v) is 2.26. The summed E-state index contributed by atoms with van der Waals surface area (Å²) in [5, 5.41) is 2.77. The van der Waals surface area contributed by atoms with E-state index in [1.165, 1.54) is 0 Å². The molecule has 0 rings (SSSR count). The van der Waals surface area contributed by atoms with Crippen LogP contribution < -0.4 is 11.1 Å². The lowest BCUT2D eigenvalue weighted by Crippen LogP contribution is -2.48. The van der Waals surface area contributed by atoms with E-state index in [0.29, 0.717) is 6.54 Å². The first-order valence-corrected chi connectivity index (χ1v) is 4.88. The molecule has 0 heterocycles. The second-order valence-electron chi connectivity index (χ2n) is 4.45. The van der Waals surface area contributed by atoms with Gasteiger partial charge in [0.15, 0.2) is 0 Å². The predicted octanol–water partition coefficient (Wildman–Crippen LogP) is 0.511. The molecule has 84 valence electrons. The molecule has 3 N–H and O–H groups in total. The van der Waals surface area contributed by atoms with Crippen LogP contribution in [0.25, 0.3) is 0 Å².